The van der Waals surface area contributed by atoms with Crippen molar-refractivity contribution in [2.75, 3.05) is 33.2 Å². The van der Waals surface area contributed by atoms with Crippen molar-refractivity contribution in [1.82, 2.24) is 9.80 Å². The lowest BCUT2D eigenvalue weighted by Crippen LogP contribution is -2.58. The van der Waals surface area contributed by atoms with Gasteiger partial charge in [-0.3, -0.25) is 4.90 Å². The molecule has 2 aliphatic heterocycles. The van der Waals surface area contributed by atoms with E-state index in [2.05, 4.69) is 59.3 Å². The van der Waals surface area contributed by atoms with Crippen LogP contribution in [0, 0.1) is 5.41 Å². The standard InChI is InChI=1S/C21H28N2O/c1-22-13-10-20(24)21(15-22)11-5-12-23(16-21)14-18-8-4-7-17-6-2-3-9-19(17)18/h2-4,6-9,20,24H,5,10-16H2,1H3/t20-,21-/m0/s1. The van der Waals surface area contributed by atoms with Crippen LogP contribution in [0.15, 0.2) is 42.5 Å². The van der Waals surface area contributed by atoms with Gasteiger partial charge in [0.2, 0.25) is 0 Å². The molecule has 2 aromatic carbocycles. The summed E-state index contributed by atoms with van der Waals surface area (Å²) in [6, 6.07) is 15.3. The second-order valence-corrected chi connectivity index (χ2v) is 7.86. The molecular weight excluding hydrogens is 296 g/mol. The van der Waals surface area contributed by atoms with Crippen LogP contribution in [0.2, 0.25) is 0 Å². The molecule has 0 unspecified atom stereocenters. The number of piperidine rings is 2. The molecule has 0 amide bonds. The van der Waals surface area contributed by atoms with Crippen LogP contribution in [0.4, 0.5) is 0 Å². The molecular formula is C21H28N2O. The Hall–Kier alpha value is -1.42. The normalized spacial score (nSPS) is 29.3. The van der Waals surface area contributed by atoms with Crippen molar-refractivity contribution in [1.29, 1.82) is 0 Å². The summed E-state index contributed by atoms with van der Waals surface area (Å²) in [5.74, 6) is 0. The molecule has 2 saturated heterocycles. The SMILES string of the molecule is CN1CC[C@H](O)[C@@]2(CCCN(Cc3cccc4ccccc34)C2)C1. The van der Waals surface area contributed by atoms with E-state index in [0.717, 1.165) is 45.6 Å². The molecule has 24 heavy (non-hydrogen) atoms. The highest BCUT2D eigenvalue weighted by Gasteiger charge is 2.44. The Morgan fingerprint density at radius 2 is 1.92 bits per heavy atom. The summed E-state index contributed by atoms with van der Waals surface area (Å²) in [6.07, 6.45) is 3.11. The van der Waals surface area contributed by atoms with Crippen molar-refractivity contribution >= 4 is 10.8 Å². The minimum atomic E-state index is -0.149. The van der Waals surface area contributed by atoms with Gasteiger partial charge >= 0.3 is 0 Å². The first-order valence-corrected chi connectivity index (χ1v) is 9.22. The molecule has 0 bridgehead atoms. The van der Waals surface area contributed by atoms with Gasteiger partial charge in [0.15, 0.2) is 0 Å². The maximum Gasteiger partial charge on any atom is 0.0633 e. The lowest BCUT2D eigenvalue weighted by Gasteiger charge is -2.50. The van der Waals surface area contributed by atoms with Gasteiger partial charge in [-0.15, -0.1) is 0 Å². The van der Waals surface area contributed by atoms with Crippen LogP contribution in [0.25, 0.3) is 10.8 Å². The minimum absolute atomic E-state index is 0.0653. The van der Waals surface area contributed by atoms with Gasteiger partial charge < -0.3 is 10.0 Å². The van der Waals surface area contributed by atoms with Crippen molar-refractivity contribution < 1.29 is 5.11 Å². The first-order chi connectivity index (χ1) is 11.7. The third-order valence-corrected chi connectivity index (χ3v) is 6.04. The van der Waals surface area contributed by atoms with Crippen molar-refractivity contribution in [2.24, 2.45) is 5.41 Å². The topological polar surface area (TPSA) is 26.7 Å². The fourth-order valence-electron chi connectivity index (χ4n) is 4.84. The Kier molecular flexibility index (Phi) is 4.33. The van der Waals surface area contributed by atoms with E-state index in [9.17, 15) is 5.11 Å². The molecule has 1 N–H and O–H groups in total. The smallest absolute Gasteiger partial charge is 0.0633 e. The number of hydrogen-bond donors (Lipinski definition) is 1. The van der Waals surface area contributed by atoms with Gasteiger partial charge in [0.05, 0.1) is 6.10 Å². The van der Waals surface area contributed by atoms with Crippen LogP contribution in [0.5, 0.6) is 0 Å². The van der Waals surface area contributed by atoms with Crippen LogP contribution in [-0.4, -0.2) is 54.2 Å². The van der Waals surface area contributed by atoms with E-state index in [1.54, 1.807) is 0 Å². The minimum Gasteiger partial charge on any atom is -0.392 e. The van der Waals surface area contributed by atoms with E-state index in [1.165, 1.54) is 22.8 Å². The average molecular weight is 324 g/mol. The van der Waals surface area contributed by atoms with E-state index >= 15 is 0 Å². The van der Waals surface area contributed by atoms with Crippen LogP contribution in [0.3, 0.4) is 0 Å². The third-order valence-electron chi connectivity index (χ3n) is 6.04. The molecule has 3 nitrogen and oxygen atoms in total. The third kappa shape index (κ3) is 2.97. The van der Waals surface area contributed by atoms with Crippen LogP contribution in [-0.2, 0) is 6.54 Å². The summed E-state index contributed by atoms with van der Waals surface area (Å²) in [5, 5.41) is 13.4. The number of fused-ring (bicyclic) bond motifs is 1. The largest absolute Gasteiger partial charge is 0.392 e. The summed E-state index contributed by atoms with van der Waals surface area (Å²) < 4.78 is 0. The van der Waals surface area contributed by atoms with Crippen LogP contribution >= 0.6 is 0 Å². The molecule has 1 spiro atoms. The molecule has 2 fully saturated rings. The van der Waals surface area contributed by atoms with Gasteiger partial charge in [0.25, 0.3) is 0 Å². The zero-order chi connectivity index (χ0) is 16.6. The number of rotatable bonds is 2. The molecule has 128 valence electrons. The number of aliphatic hydroxyl groups is 1. The van der Waals surface area contributed by atoms with Gasteiger partial charge in [-0.2, -0.15) is 0 Å². The highest BCUT2D eigenvalue weighted by Crippen LogP contribution is 2.39. The number of likely N-dealkylation sites (tertiary alicyclic amines) is 2. The first kappa shape index (κ1) is 16.1. The van der Waals surface area contributed by atoms with Gasteiger partial charge in [-0.1, -0.05) is 42.5 Å². The van der Waals surface area contributed by atoms with Crippen molar-refractivity contribution in [3.63, 3.8) is 0 Å². The lowest BCUT2D eigenvalue weighted by atomic mass is 9.71. The van der Waals surface area contributed by atoms with E-state index in [-0.39, 0.29) is 11.5 Å². The van der Waals surface area contributed by atoms with Crippen LogP contribution < -0.4 is 0 Å². The molecule has 2 heterocycles. The van der Waals surface area contributed by atoms with Gasteiger partial charge in [-0.25, -0.2) is 0 Å². The maximum absolute atomic E-state index is 10.7. The van der Waals surface area contributed by atoms with Gasteiger partial charge in [0.1, 0.15) is 0 Å². The summed E-state index contributed by atoms with van der Waals surface area (Å²) in [6.45, 7) is 5.19. The highest BCUT2D eigenvalue weighted by atomic mass is 16.3. The molecule has 4 rings (SSSR count). The van der Waals surface area contributed by atoms with Crippen LogP contribution in [0.1, 0.15) is 24.8 Å². The van der Waals surface area contributed by atoms with Crippen molar-refractivity contribution in [2.45, 2.75) is 31.9 Å². The molecule has 0 saturated carbocycles. The number of aliphatic hydroxyl groups excluding tert-OH is 1. The van der Waals surface area contributed by atoms with E-state index in [1.807, 2.05) is 0 Å². The van der Waals surface area contributed by atoms with Crippen molar-refractivity contribution in [3.8, 4) is 0 Å². The predicted octanol–water partition coefficient (Wildman–Crippen LogP) is 3.12. The fourth-order valence-corrected chi connectivity index (χ4v) is 4.84. The molecule has 0 aromatic heterocycles. The monoisotopic (exact) mass is 324 g/mol. The summed E-state index contributed by atoms with van der Waals surface area (Å²) >= 11 is 0. The van der Waals surface area contributed by atoms with Gasteiger partial charge in [-0.05, 0) is 49.2 Å². The highest BCUT2D eigenvalue weighted by molar-refractivity contribution is 5.85. The molecule has 0 aliphatic carbocycles. The predicted molar refractivity (Wildman–Crippen MR) is 99.0 cm³/mol. The zero-order valence-electron chi connectivity index (χ0n) is 14.6. The quantitative estimate of drug-likeness (QED) is 0.919. The molecule has 0 radical (unpaired) electrons. The Morgan fingerprint density at radius 1 is 1.08 bits per heavy atom. The van der Waals surface area contributed by atoms with E-state index in [0.29, 0.717) is 0 Å². The zero-order valence-corrected chi connectivity index (χ0v) is 14.6. The number of hydrogen-bond acceptors (Lipinski definition) is 3. The second-order valence-electron chi connectivity index (χ2n) is 7.86. The fraction of sp³-hybridized carbons (Fsp3) is 0.524. The Labute approximate surface area is 144 Å². The Morgan fingerprint density at radius 3 is 2.83 bits per heavy atom. The molecule has 2 aliphatic rings. The molecule has 3 heteroatoms. The first-order valence-electron chi connectivity index (χ1n) is 9.22. The summed E-state index contributed by atoms with van der Waals surface area (Å²) in [4.78, 5) is 4.96. The Balaban J connectivity index is 1.56. The summed E-state index contributed by atoms with van der Waals surface area (Å²) in [7, 11) is 2.19. The lowest BCUT2D eigenvalue weighted by molar-refractivity contribution is -0.0807. The van der Waals surface area contributed by atoms with E-state index in [4.69, 9.17) is 0 Å². The molecule has 2 atom stereocenters. The maximum atomic E-state index is 10.7. The summed E-state index contributed by atoms with van der Waals surface area (Å²) in [5.41, 5.74) is 1.47. The van der Waals surface area contributed by atoms with E-state index < -0.39 is 0 Å². The number of benzene rings is 2. The average Bonchev–Trinajstić information content (AvgIpc) is 2.59. The van der Waals surface area contributed by atoms with Gasteiger partial charge in [0, 0.05) is 31.6 Å². The second kappa shape index (κ2) is 6.47. The Bertz CT molecular complexity index is 711. The number of nitrogens with zero attached hydrogens (tertiary/aromatic N) is 2. The molecule has 2 aromatic rings. The van der Waals surface area contributed by atoms with Crippen molar-refractivity contribution in [3.05, 3.63) is 48.0 Å².